The number of piperazine rings is 1. The average molecular weight is 387 g/mol. The van der Waals surface area contributed by atoms with Crippen LogP contribution in [0.15, 0.2) is 24.3 Å². The van der Waals surface area contributed by atoms with E-state index in [0.29, 0.717) is 12.5 Å². The molecule has 1 aromatic rings. The summed E-state index contributed by atoms with van der Waals surface area (Å²) >= 11 is 0. The van der Waals surface area contributed by atoms with Gasteiger partial charge in [0.2, 0.25) is 11.8 Å². The molecule has 0 unspecified atom stereocenters. The van der Waals surface area contributed by atoms with Gasteiger partial charge in [0.1, 0.15) is 0 Å². The van der Waals surface area contributed by atoms with Gasteiger partial charge in [-0.25, -0.2) is 0 Å². The molecule has 1 aromatic carbocycles. The summed E-state index contributed by atoms with van der Waals surface area (Å²) in [6, 6.07) is 7.91. The van der Waals surface area contributed by atoms with Crippen LogP contribution >= 0.6 is 0 Å². The van der Waals surface area contributed by atoms with Crippen molar-refractivity contribution in [3.63, 3.8) is 0 Å². The van der Waals surface area contributed by atoms with Crippen molar-refractivity contribution in [2.24, 2.45) is 0 Å². The van der Waals surface area contributed by atoms with Crippen LogP contribution < -0.4 is 5.32 Å². The van der Waals surface area contributed by atoms with E-state index in [0.717, 1.165) is 57.8 Å². The molecule has 28 heavy (non-hydrogen) atoms. The lowest BCUT2D eigenvalue weighted by Crippen LogP contribution is -2.54. The van der Waals surface area contributed by atoms with E-state index in [1.54, 1.807) is 0 Å². The lowest BCUT2D eigenvalue weighted by molar-refractivity contribution is -0.132. The molecule has 2 heterocycles. The maximum atomic E-state index is 12.6. The highest BCUT2D eigenvalue weighted by Crippen LogP contribution is 2.18. The largest absolute Gasteiger partial charge is 0.342 e. The number of rotatable bonds is 6. The molecule has 2 fully saturated rings. The summed E-state index contributed by atoms with van der Waals surface area (Å²) in [4.78, 5) is 31.3. The van der Waals surface area contributed by atoms with Crippen LogP contribution in [0.25, 0.3) is 0 Å². The molecular weight excluding hydrogens is 352 g/mol. The van der Waals surface area contributed by atoms with Gasteiger partial charge in [-0.3, -0.25) is 19.4 Å². The molecule has 1 atom stereocenters. The first-order chi connectivity index (χ1) is 13.4. The summed E-state index contributed by atoms with van der Waals surface area (Å²) in [6.07, 6.45) is 2.26. The van der Waals surface area contributed by atoms with Gasteiger partial charge in [-0.05, 0) is 43.4 Å². The van der Waals surface area contributed by atoms with Crippen molar-refractivity contribution in [1.29, 1.82) is 0 Å². The number of amides is 2. The number of anilines is 1. The summed E-state index contributed by atoms with van der Waals surface area (Å²) in [5, 5.41) is 3.03. The van der Waals surface area contributed by atoms with E-state index < -0.39 is 0 Å². The van der Waals surface area contributed by atoms with Crippen LogP contribution in [0, 0.1) is 0 Å². The first-order valence-corrected chi connectivity index (χ1v) is 10.6. The molecule has 154 valence electrons. The van der Waals surface area contributed by atoms with Crippen molar-refractivity contribution in [2.45, 2.75) is 45.6 Å². The highest BCUT2D eigenvalue weighted by atomic mass is 16.2. The molecule has 0 aliphatic carbocycles. The Morgan fingerprint density at radius 1 is 0.929 bits per heavy atom. The Balaban J connectivity index is 1.44. The third-order valence-electron chi connectivity index (χ3n) is 6.00. The molecule has 0 aromatic heterocycles. The van der Waals surface area contributed by atoms with Crippen LogP contribution in [-0.2, 0) is 9.59 Å². The van der Waals surface area contributed by atoms with Gasteiger partial charge < -0.3 is 10.2 Å². The lowest BCUT2D eigenvalue weighted by Gasteiger charge is -2.37. The smallest absolute Gasteiger partial charge is 0.241 e. The minimum atomic E-state index is -0.179. The van der Waals surface area contributed by atoms with Gasteiger partial charge in [0.25, 0.3) is 0 Å². The van der Waals surface area contributed by atoms with Gasteiger partial charge in [0, 0.05) is 45.0 Å². The van der Waals surface area contributed by atoms with Gasteiger partial charge in [-0.1, -0.05) is 26.0 Å². The predicted molar refractivity (Wildman–Crippen MR) is 112 cm³/mol. The number of nitrogens with zero attached hydrogens (tertiary/aromatic N) is 3. The molecule has 0 bridgehead atoms. The monoisotopic (exact) mass is 386 g/mol. The highest BCUT2D eigenvalue weighted by molar-refractivity contribution is 5.94. The standard InChI is InChI=1S/C22H34N4O2/c1-17(2)19-6-8-20(9-7-19)23-22(28)18(3)25-14-12-24(13-15-25)16-21(27)26-10-4-5-11-26/h6-9,17-18H,4-5,10-16H2,1-3H3,(H,23,28)/t18-/m1/s1. The van der Waals surface area contributed by atoms with Gasteiger partial charge in [-0.2, -0.15) is 0 Å². The molecule has 2 amide bonds. The molecule has 2 aliphatic heterocycles. The average Bonchev–Trinajstić information content (AvgIpc) is 3.23. The molecule has 1 N–H and O–H groups in total. The Morgan fingerprint density at radius 3 is 2.11 bits per heavy atom. The van der Waals surface area contributed by atoms with Crippen molar-refractivity contribution in [3.8, 4) is 0 Å². The fourth-order valence-corrected chi connectivity index (χ4v) is 3.93. The van der Waals surface area contributed by atoms with E-state index in [1.165, 1.54) is 5.56 Å². The summed E-state index contributed by atoms with van der Waals surface area (Å²) in [7, 11) is 0. The number of benzene rings is 1. The van der Waals surface area contributed by atoms with Crippen molar-refractivity contribution in [3.05, 3.63) is 29.8 Å². The predicted octanol–water partition coefficient (Wildman–Crippen LogP) is 2.38. The number of carbonyl (C=O) groups excluding carboxylic acids is 2. The number of carbonyl (C=O) groups is 2. The Kier molecular flexibility index (Phi) is 7.08. The van der Waals surface area contributed by atoms with Crippen LogP contribution in [0.2, 0.25) is 0 Å². The summed E-state index contributed by atoms with van der Waals surface area (Å²) in [6.45, 7) is 11.9. The fraction of sp³-hybridized carbons (Fsp3) is 0.636. The van der Waals surface area contributed by atoms with Crippen molar-refractivity contribution >= 4 is 17.5 Å². The van der Waals surface area contributed by atoms with Crippen LogP contribution in [0.4, 0.5) is 5.69 Å². The molecule has 3 rings (SSSR count). The topological polar surface area (TPSA) is 55.9 Å². The van der Waals surface area contributed by atoms with Crippen LogP contribution in [0.5, 0.6) is 0 Å². The zero-order valence-electron chi connectivity index (χ0n) is 17.5. The summed E-state index contributed by atoms with van der Waals surface area (Å²) < 4.78 is 0. The highest BCUT2D eigenvalue weighted by Gasteiger charge is 2.27. The Labute approximate surface area is 168 Å². The van der Waals surface area contributed by atoms with Gasteiger partial charge in [0.15, 0.2) is 0 Å². The zero-order valence-corrected chi connectivity index (χ0v) is 17.5. The Bertz CT molecular complexity index is 660. The van der Waals surface area contributed by atoms with Crippen molar-refractivity contribution < 1.29 is 9.59 Å². The minimum absolute atomic E-state index is 0.0268. The third-order valence-corrected chi connectivity index (χ3v) is 6.00. The van der Waals surface area contributed by atoms with Crippen molar-refractivity contribution in [1.82, 2.24) is 14.7 Å². The molecule has 2 saturated heterocycles. The molecule has 6 nitrogen and oxygen atoms in total. The number of likely N-dealkylation sites (tertiary alicyclic amines) is 1. The molecule has 6 heteroatoms. The maximum Gasteiger partial charge on any atom is 0.241 e. The summed E-state index contributed by atoms with van der Waals surface area (Å²) in [5.41, 5.74) is 2.11. The van der Waals surface area contributed by atoms with Gasteiger partial charge in [-0.15, -0.1) is 0 Å². The fourth-order valence-electron chi connectivity index (χ4n) is 3.93. The summed E-state index contributed by atoms with van der Waals surface area (Å²) in [5.74, 6) is 0.762. The molecule has 0 radical (unpaired) electrons. The number of hydrogen-bond acceptors (Lipinski definition) is 4. The molecule has 0 spiro atoms. The first kappa shape index (κ1) is 20.8. The molecular formula is C22H34N4O2. The van der Waals surface area contributed by atoms with E-state index >= 15 is 0 Å². The van der Waals surface area contributed by atoms with Crippen LogP contribution in [-0.4, -0.2) is 78.4 Å². The molecule has 2 aliphatic rings. The Morgan fingerprint density at radius 2 is 1.54 bits per heavy atom. The van der Waals surface area contributed by atoms with E-state index in [1.807, 2.05) is 24.0 Å². The third kappa shape index (κ3) is 5.32. The van der Waals surface area contributed by atoms with Crippen molar-refractivity contribution in [2.75, 3.05) is 51.1 Å². The normalized spacial score (nSPS) is 19.8. The lowest BCUT2D eigenvalue weighted by atomic mass is 10.0. The van der Waals surface area contributed by atoms with E-state index in [-0.39, 0.29) is 17.9 Å². The SMILES string of the molecule is CC(C)c1ccc(NC(=O)[C@@H](C)N2CCN(CC(=O)N3CCCC3)CC2)cc1. The quantitative estimate of drug-likeness (QED) is 0.816. The maximum absolute atomic E-state index is 12.6. The number of nitrogens with one attached hydrogen (secondary N) is 1. The van der Waals surface area contributed by atoms with E-state index in [4.69, 9.17) is 0 Å². The second kappa shape index (κ2) is 9.52. The second-order valence-corrected chi connectivity index (χ2v) is 8.34. The minimum Gasteiger partial charge on any atom is -0.342 e. The second-order valence-electron chi connectivity index (χ2n) is 8.34. The Hall–Kier alpha value is -1.92. The van der Waals surface area contributed by atoms with E-state index in [9.17, 15) is 9.59 Å². The first-order valence-electron chi connectivity index (χ1n) is 10.6. The van der Waals surface area contributed by atoms with Gasteiger partial charge in [0.05, 0.1) is 12.6 Å². The van der Waals surface area contributed by atoms with Crippen LogP contribution in [0.1, 0.15) is 45.1 Å². The zero-order chi connectivity index (χ0) is 20.1. The molecule has 0 saturated carbocycles. The number of hydrogen-bond donors (Lipinski definition) is 1. The van der Waals surface area contributed by atoms with Gasteiger partial charge >= 0.3 is 0 Å². The van der Waals surface area contributed by atoms with Crippen LogP contribution in [0.3, 0.4) is 0 Å². The van der Waals surface area contributed by atoms with E-state index in [2.05, 4.69) is 41.1 Å².